The second kappa shape index (κ2) is 22.3. The quantitative estimate of drug-likeness (QED) is 0.136. The van der Waals surface area contributed by atoms with E-state index in [-0.39, 0.29) is 51.9 Å². The maximum atomic E-state index is 3.90. The molecule has 6 rings (SSSR count). The summed E-state index contributed by atoms with van der Waals surface area (Å²) in [5, 5.41) is 0. The molecule has 57 heavy (non-hydrogen) atoms. The molecule has 2 aliphatic carbocycles. The van der Waals surface area contributed by atoms with E-state index in [1.807, 2.05) is 48.5 Å². The molecule has 0 atom stereocenters. The average molecular weight is 885 g/mol. The first-order valence-electron chi connectivity index (χ1n) is 20.0. The molecule has 0 fully saturated rings. The molecule has 4 aromatic rings. The molecule has 0 bridgehead atoms. The van der Waals surface area contributed by atoms with E-state index in [0.29, 0.717) is 0 Å². The molecule has 312 valence electrons. The van der Waals surface area contributed by atoms with E-state index in [1.54, 1.807) is 0 Å². The van der Waals surface area contributed by atoms with Gasteiger partial charge in [0.25, 0.3) is 0 Å². The Kier molecular flexibility index (Phi) is 21.4. The maximum absolute atomic E-state index is 3.90. The van der Waals surface area contributed by atoms with Crippen molar-refractivity contribution in [3.8, 4) is 11.1 Å². The summed E-state index contributed by atoms with van der Waals surface area (Å²) in [5.74, 6) is 0. The number of halogens is 2. The van der Waals surface area contributed by atoms with Crippen molar-refractivity contribution in [3.05, 3.63) is 153 Å². The second-order valence-corrected chi connectivity index (χ2v) is 20.2. The SMILES string of the molecule is CC(C)(C)c1[c-]c2c(cc1C(C)(C)C)-c1cc(C(C)(C)C)c(C(C)(C)C)cc1C2.CC1=CC[C-]=C1C(C)(C)C.Cc1cc[c-]cc1.Cc1cc[c-]cc1.Cl.Cl.[CH2]=[Zr]. The van der Waals surface area contributed by atoms with Crippen LogP contribution in [0.3, 0.4) is 0 Å². The van der Waals surface area contributed by atoms with Crippen molar-refractivity contribution >= 4 is 29.0 Å². The van der Waals surface area contributed by atoms with Crippen molar-refractivity contribution in [1.29, 1.82) is 0 Å². The van der Waals surface area contributed by atoms with Crippen LogP contribution in [0.15, 0.2) is 84.0 Å². The Morgan fingerprint density at radius 3 is 1.23 bits per heavy atom. The van der Waals surface area contributed by atoms with E-state index in [1.165, 1.54) is 91.0 Å². The van der Waals surface area contributed by atoms with E-state index in [4.69, 9.17) is 0 Å². The fourth-order valence-electron chi connectivity index (χ4n) is 6.97. The number of aryl methyl sites for hydroxylation is 2. The van der Waals surface area contributed by atoms with Gasteiger partial charge in [0.2, 0.25) is 0 Å². The topological polar surface area (TPSA) is 0 Å². The monoisotopic (exact) mass is 882 g/mol. The van der Waals surface area contributed by atoms with Gasteiger partial charge in [0.15, 0.2) is 0 Å². The molecular formula is C54H74Cl2Zr-4. The first-order chi connectivity index (χ1) is 25.2. The molecule has 0 N–H and O–H groups in total. The van der Waals surface area contributed by atoms with E-state index in [2.05, 4.69) is 177 Å². The van der Waals surface area contributed by atoms with Crippen molar-refractivity contribution in [3.63, 3.8) is 0 Å². The summed E-state index contributed by atoms with van der Waals surface area (Å²) in [6.07, 6.45) is 7.63. The van der Waals surface area contributed by atoms with Gasteiger partial charge in [0.1, 0.15) is 0 Å². The molecule has 0 aliphatic heterocycles. The van der Waals surface area contributed by atoms with Gasteiger partial charge >= 0.3 is 28.4 Å². The number of rotatable bonds is 0. The Labute approximate surface area is 379 Å². The van der Waals surface area contributed by atoms with E-state index in [0.717, 1.165) is 12.8 Å². The summed E-state index contributed by atoms with van der Waals surface area (Å²) in [5.41, 5.74) is 17.6. The Hall–Kier alpha value is -2.31. The normalized spacial score (nSPS) is 13.0. The van der Waals surface area contributed by atoms with Crippen LogP contribution in [0, 0.1) is 43.5 Å². The van der Waals surface area contributed by atoms with Crippen LogP contribution in [-0.2, 0) is 52.3 Å². The summed E-state index contributed by atoms with van der Waals surface area (Å²) in [6.45, 7) is 41.0. The zero-order valence-electron chi connectivity index (χ0n) is 38.9. The fraction of sp³-hybridized carbons (Fsp3) is 0.463. The van der Waals surface area contributed by atoms with Crippen LogP contribution in [0.5, 0.6) is 0 Å². The van der Waals surface area contributed by atoms with Gasteiger partial charge in [-0.1, -0.05) is 141 Å². The molecule has 0 nitrogen and oxygen atoms in total. The Morgan fingerprint density at radius 2 is 0.930 bits per heavy atom. The zero-order chi connectivity index (χ0) is 42.2. The average Bonchev–Trinajstić information content (AvgIpc) is 3.67. The Morgan fingerprint density at radius 1 is 0.526 bits per heavy atom. The predicted molar refractivity (Wildman–Crippen MR) is 255 cm³/mol. The third-order valence-corrected chi connectivity index (χ3v) is 9.84. The zero-order valence-corrected chi connectivity index (χ0v) is 43.0. The van der Waals surface area contributed by atoms with Gasteiger partial charge in [-0.15, -0.1) is 54.8 Å². The number of fused-ring (bicyclic) bond motifs is 3. The van der Waals surface area contributed by atoms with Crippen LogP contribution < -0.4 is 0 Å². The summed E-state index contributed by atoms with van der Waals surface area (Å²) in [6, 6.07) is 33.0. The fourth-order valence-corrected chi connectivity index (χ4v) is 6.97. The first-order valence-corrected chi connectivity index (χ1v) is 21.7. The first kappa shape index (κ1) is 54.7. The van der Waals surface area contributed by atoms with E-state index >= 15 is 0 Å². The molecule has 0 saturated heterocycles. The molecule has 0 spiro atoms. The summed E-state index contributed by atoms with van der Waals surface area (Å²) < 4.78 is 3.34. The summed E-state index contributed by atoms with van der Waals surface area (Å²) in [4.78, 5) is 0. The van der Waals surface area contributed by atoms with Crippen molar-refractivity contribution in [2.45, 2.75) is 159 Å². The molecule has 0 aromatic heterocycles. The van der Waals surface area contributed by atoms with E-state index in [9.17, 15) is 0 Å². The molecule has 4 aromatic carbocycles. The van der Waals surface area contributed by atoms with Crippen LogP contribution in [0.4, 0.5) is 0 Å². The molecule has 0 amide bonds. The van der Waals surface area contributed by atoms with E-state index < -0.39 is 0 Å². The third-order valence-electron chi connectivity index (χ3n) is 9.84. The molecule has 3 heteroatoms. The van der Waals surface area contributed by atoms with Crippen molar-refractivity contribution in [1.82, 2.24) is 0 Å². The van der Waals surface area contributed by atoms with Crippen molar-refractivity contribution < 1.29 is 24.2 Å². The molecule has 0 saturated carbocycles. The molecule has 0 radical (unpaired) electrons. The van der Waals surface area contributed by atoms with Crippen molar-refractivity contribution in [2.75, 3.05) is 0 Å². The summed E-state index contributed by atoms with van der Waals surface area (Å²) >= 11 is 1.30. The van der Waals surface area contributed by atoms with Gasteiger partial charge in [-0.3, -0.25) is 6.08 Å². The Balaban J connectivity index is 0.000000906. The second-order valence-electron chi connectivity index (χ2n) is 20.2. The third kappa shape index (κ3) is 16.3. The molecular weight excluding hydrogens is 811 g/mol. The number of benzene rings is 4. The van der Waals surface area contributed by atoms with Gasteiger partial charge < -0.3 is 0 Å². The Bertz CT molecular complexity index is 1780. The van der Waals surface area contributed by atoms with Crippen LogP contribution in [-0.4, -0.2) is 4.21 Å². The van der Waals surface area contributed by atoms with Gasteiger partial charge in [0, 0.05) is 0 Å². The minimum atomic E-state index is 0. The standard InChI is InChI=1S/C29H41.C10H15.2C7H7.CH2.2ClH.Zr/c1-26(2,3)22-14-18-13-19-15-23(27(4,5)6)25(29(10,11)12)17-21(19)20(18)16-24(22)28(7,8)9;1-8-6-5-7-9(8)10(2,3)4;2*1-7-5-3-2-4-6-7;;;;/h14,16-17H,13H2,1-12H3;6H,5H2,1-4H3;2*3-6H,1H3;1H2;2*1H;/q4*-1;;;;. The predicted octanol–water partition coefficient (Wildman–Crippen LogP) is 15.8. The molecule has 0 heterocycles. The van der Waals surface area contributed by atoms with Crippen molar-refractivity contribution in [2.24, 2.45) is 5.41 Å². The number of allylic oxidation sites excluding steroid dienone is 4. The van der Waals surface area contributed by atoms with Gasteiger partial charge in [0.05, 0.1) is 0 Å². The van der Waals surface area contributed by atoms with Crippen LogP contribution in [0.2, 0.25) is 0 Å². The summed E-state index contributed by atoms with van der Waals surface area (Å²) in [7, 11) is 0. The minimum absolute atomic E-state index is 0. The molecule has 2 aliphatic rings. The number of hydrogen-bond acceptors (Lipinski definition) is 0. The van der Waals surface area contributed by atoms with Crippen LogP contribution in [0.25, 0.3) is 11.1 Å². The van der Waals surface area contributed by atoms with Gasteiger partial charge in [-0.05, 0) is 44.8 Å². The van der Waals surface area contributed by atoms with Crippen LogP contribution in [0.1, 0.15) is 162 Å². The van der Waals surface area contributed by atoms with Gasteiger partial charge in [-0.2, -0.15) is 95.6 Å². The van der Waals surface area contributed by atoms with Crippen LogP contribution >= 0.6 is 24.8 Å². The number of hydrogen-bond donors (Lipinski definition) is 0. The van der Waals surface area contributed by atoms with Gasteiger partial charge in [-0.25, -0.2) is 11.1 Å². The molecule has 0 unspecified atom stereocenters.